The van der Waals surface area contributed by atoms with Crippen LogP contribution >= 0.6 is 0 Å². The minimum Gasteiger partial charge on any atom is -0.341 e. The van der Waals surface area contributed by atoms with Crippen LogP contribution in [-0.2, 0) is 6.54 Å². The lowest BCUT2D eigenvalue weighted by Crippen LogP contribution is -1.91. The Morgan fingerprint density at radius 3 is 1.12 bits per heavy atom. The van der Waals surface area contributed by atoms with E-state index in [1.165, 1.54) is 34.6 Å². The largest absolute Gasteiger partial charge is 0.341 e. The zero-order chi connectivity index (χ0) is 19.7. The molecule has 0 aliphatic rings. The van der Waals surface area contributed by atoms with Crippen LogP contribution in [0.25, 0.3) is 21.8 Å². The summed E-state index contributed by atoms with van der Waals surface area (Å²) in [7, 11) is 0. The molecular formula is C24H41N. The lowest BCUT2D eigenvalue weighted by molar-refractivity contribution is 0.827. The van der Waals surface area contributed by atoms with Gasteiger partial charge in [-0.05, 0) is 19.1 Å². The van der Waals surface area contributed by atoms with Gasteiger partial charge in [0.15, 0.2) is 0 Å². The van der Waals surface area contributed by atoms with Gasteiger partial charge in [0.2, 0.25) is 0 Å². The molecule has 1 heterocycles. The number of benzene rings is 2. The summed E-state index contributed by atoms with van der Waals surface area (Å²) in [4.78, 5) is 0. The third-order valence-electron chi connectivity index (χ3n) is 3.00. The minimum atomic E-state index is 1.02. The van der Waals surface area contributed by atoms with E-state index in [9.17, 15) is 0 Å². The lowest BCUT2D eigenvalue weighted by atomic mass is 10.2. The molecule has 1 aromatic heterocycles. The van der Waals surface area contributed by atoms with Crippen molar-refractivity contribution in [1.82, 2.24) is 4.57 Å². The summed E-state index contributed by atoms with van der Waals surface area (Å²) in [6, 6.07) is 17.2. The van der Waals surface area contributed by atoms with E-state index in [0.29, 0.717) is 0 Å². The predicted octanol–water partition coefficient (Wildman–Crippen LogP) is 8.70. The van der Waals surface area contributed by atoms with Gasteiger partial charge in [-0.25, -0.2) is 0 Å². The van der Waals surface area contributed by atoms with Crippen LogP contribution in [0.2, 0.25) is 0 Å². The number of nitrogens with zero attached hydrogens (tertiary/aromatic N) is 1. The normalized spacial score (nSPS) is 8.68. The molecule has 0 unspecified atom stereocenters. The first-order chi connectivity index (χ1) is 12.2. The Morgan fingerprint density at radius 2 is 0.840 bits per heavy atom. The molecule has 0 aliphatic carbocycles. The quantitative estimate of drug-likeness (QED) is 0.416. The van der Waals surface area contributed by atoms with E-state index < -0.39 is 0 Å². The van der Waals surface area contributed by atoms with Crippen molar-refractivity contribution in [2.45, 2.75) is 81.7 Å². The molecule has 0 N–H and O–H groups in total. The number of fused-ring (bicyclic) bond motifs is 3. The van der Waals surface area contributed by atoms with Gasteiger partial charge in [-0.1, -0.05) is 105 Å². The molecule has 2 aromatic carbocycles. The molecule has 3 rings (SSSR count). The highest BCUT2D eigenvalue weighted by Gasteiger charge is 2.06. The SMILES string of the molecule is CC.CC.CCC.CCC.CCn1c2ccccc2c2ccccc21. The van der Waals surface area contributed by atoms with Gasteiger partial charge in [-0.2, -0.15) is 0 Å². The van der Waals surface area contributed by atoms with Crippen molar-refractivity contribution >= 4 is 21.8 Å². The van der Waals surface area contributed by atoms with Gasteiger partial charge in [0.05, 0.1) is 0 Å². The molecule has 0 amide bonds. The Bertz CT molecular complexity index is 594. The van der Waals surface area contributed by atoms with Crippen molar-refractivity contribution < 1.29 is 0 Å². The van der Waals surface area contributed by atoms with E-state index in [4.69, 9.17) is 0 Å². The molecule has 1 nitrogen and oxygen atoms in total. The van der Waals surface area contributed by atoms with Crippen LogP contribution in [0.1, 0.15) is 75.2 Å². The summed E-state index contributed by atoms with van der Waals surface area (Å²) >= 11 is 0. The Morgan fingerprint density at radius 1 is 0.560 bits per heavy atom. The topological polar surface area (TPSA) is 4.93 Å². The van der Waals surface area contributed by atoms with Crippen molar-refractivity contribution in [1.29, 1.82) is 0 Å². The van der Waals surface area contributed by atoms with Gasteiger partial charge >= 0.3 is 0 Å². The number of para-hydroxylation sites is 2. The summed E-state index contributed by atoms with van der Waals surface area (Å²) in [5.41, 5.74) is 2.67. The molecule has 0 saturated heterocycles. The van der Waals surface area contributed by atoms with Gasteiger partial charge < -0.3 is 4.57 Å². The fourth-order valence-electron chi connectivity index (χ4n) is 2.34. The van der Waals surface area contributed by atoms with Crippen LogP contribution in [-0.4, -0.2) is 4.57 Å². The molecule has 25 heavy (non-hydrogen) atoms. The Hall–Kier alpha value is -1.76. The summed E-state index contributed by atoms with van der Waals surface area (Å²) in [6.07, 6.45) is 2.50. The maximum atomic E-state index is 2.37. The van der Waals surface area contributed by atoms with E-state index >= 15 is 0 Å². The first-order valence-corrected chi connectivity index (χ1v) is 10.2. The van der Waals surface area contributed by atoms with Crippen molar-refractivity contribution in [2.24, 2.45) is 0 Å². The van der Waals surface area contributed by atoms with Crippen molar-refractivity contribution in [3.63, 3.8) is 0 Å². The second-order valence-corrected chi connectivity index (χ2v) is 5.19. The minimum absolute atomic E-state index is 1.02. The molecule has 0 bridgehead atoms. The molecule has 1 heteroatoms. The van der Waals surface area contributed by atoms with Crippen molar-refractivity contribution in [3.05, 3.63) is 48.5 Å². The van der Waals surface area contributed by atoms with Gasteiger partial charge in [0.1, 0.15) is 0 Å². The number of aryl methyl sites for hydroxylation is 1. The van der Waals surface area contributed by atoms with Crippen LogP contribution in [0.3, 0.4) is 0 Å². The first kappa shape index (κ1) is 25.5. The Labute approximate surface area is 157 Å². The summed E-state index contributed by atoms with van der Waals surface area (Å²) in [5.74, 6) is 0. The molecule has 142 valence electrons. The van der Waals surface area contributed by atoms with Crippen molar-refractivity contribution in [2.75, 3.05) is 0 Å². The van der Waals surface area contributed by atoms with Crippen LogP contribution in [0.5, 0.6) is 0 Å². The number of rotatable bonds is 1. The van der Waals surface area contributed by atoms with Gasteiger partial charge in [-0.15, -0.1) is 0 Å². The highest BCUT2D eigenvalue weighted by atomic mass is 15.0. The predicted molar refractivity (Wildman–Crippen MR) is 120 cm³/mol. The molecule has 3 aromatic rings. The van der Waals surface area contributed by atoms with E-state index in [1.807, 2.05) is 27.7 Å². The molecule has 0 atom stereocenters. The standard InChI is InChI=1S/C14H13N.2C3H8.2C2H6/c1-2-15-13-9-5-3-7-11(13)12-8-4-6-10-14(12)15;2*1-3-2;2*1-2/h3-10H,2H2,1H3;2*3H2,1-2H3;2*1-2H3. The molecule has 0 radical (unpaired) electrons. The first-order valence-electron chi connectivity index (χ1n) is 10.2. The fourth-order valence-corrected chi connectivity index (χ4v) is 2.34. The third kappa shape index (κ3) is 7.77. The number of hydrogen-bond donors (Lipinski definition) is 0. The average molecular weight is 344 g/mol. The molecular weight excluding hydrogens is 302 g/mol. The van der Waals surface area contributed by atoms with E-state index in [2.05, 4.69) is 87.7 Å². The van der Waals surface area contributed by atoms with E-state index in [1.54, 1.807) is 0 Å². The summed E-state index contributed by atoms with van der Waals surface area (Å²) in [5, 5.41) is 2.71. The van der Waals surface area contributed by atoms with Crippen LogP contribution in [0, 0.1) is 0 Å². The van der Waals surface area contributed by atoms with Gasteiger partial charge in [0.25, 0.3) is 0 Å². The summed E-state index contributed by atoms with van der Waals surface area (Å²) in [6.45, 7) is 19.7. The second-order valence-electron chi connectivity index (χ2n) is 5.19. The summed E-state index contributed by atoms with van der Waals surface area (Å²) < 4.78 is 2.37. The smallest absolute Gasteiger partial charge is 0.0491 e. The van der Waals surface area contributed by atoms with E-state index in [-0.39, 0.29) is 0 Å². The maximum Gasteiger partial charge on any atom is 0.0491 e. The van der Waals surface area contributed by atoms with Crippen LogP contribution in [0.4, 0.5) is 0 Å². The Balaban J connectivity index is 0. The monoisotopic (exact) mass is 343 g/mol. The fraction of sp³-hybridized carbons (Fsp3) is 0.500. The second kappa shape index (κ2) is 17.1. The van der Waals surface area contributed by atoms with Crippen LogP contribution in [0.15, 0.2) is 48.5 Å². The van der Waals surface area contributed by atoms with Crippen molar-refractivity contribution in [3.8, 4) is 0 Å². The van der Waals surface area contributed by atoms with Gasteiger partial charge in [0, 0.05) is 28.4 Å². The Kier molecular flexibility index (Phi) is 17.4. The van der Waals surface area contributed by atoms with Gasteiger partial charge in [-0.3, -0.25) is 0 Å². The zero-order valence-electron chi connectivity index (χ0n) is 18.2. The highest BCUT2D eigenvalue weighted by molar-refractivity contribution is 6.07. The third-order valence-corrected chi connectivity index (χ3v) is 3.00. The molecule has 0 spiro atoms. The zero-order valence-corrected chi connectivity index (χ0v) is 18.2. The molecule has 0 fully saturated rings. The lowest BCUT2D eigenvalue weighted by Gasteiger charge is -2.01. The van der Waals surface area contributed by atoms with E-state index in [0.717, 1.165) is 6.54 Å². The number of hydrogen-bond acceptors (Lipinski definition) is 0. The average Bonchev–Trinajstić information content (AvgIpc) is 3.00. The molecule has 0 saturated carbocycles. The maximum absolute atomic E-state index is 2.37. The highest BCUT2D eigenvalue weighted by Crippen LogP contribution is 2.28. The molecule has 0 aliphatic heterocycles. The van der Waals surface area contributed by atoms with Crippen LogP contribution < -0.4 is 0 Å². The number of aromatic nitrogens is 1.